The molecule has 2 rings (SSSR count). The van der Waals surface area contributed by atoms with Crippen LogP contribution in [0.5, 0.6) is 11.5 Å². The molecule has 1 aromatic heterocycles. The molecular formula is C17H25N5O3S. The van der Waals surface area contributed by atoms with Crippen molar-refractivity contribution >= 4 is 17.7 Å². The van der Waals surface area contributed by atoms with Crippen LogP contribution in [0.25, 0.3) is 0 Å². The molecule has 0 aliphatic carbocycles. The second-order valence-electron chi connectivity index (χ2n) is 6.56. The van der Waals surface area contributed by atoms with Crippen molar-refractivity contribution in [3.05, 3.63) is 30.1 Å². The maximum absolute atomic E-state index is 12.0. The van der Waals surface area contributed by atoms with Gasteiger partial charge < -0.3 is 20.6 Å². The molecule has 0 unspecified atom stereocenters. The van der Waals surface area contributed by atoms with Gasteiger partial charge in [-0.3, -0.25) is 4.79 Å². The van der Waals surface area contributed by atoms with Gasteiger partial charge in [-0.1, -0.05) is 44.7 Å². The van der Waals surface area contributed by atoms with E-state index in [0.717, 1.165) is 0 Å². The third kappa shape index (κ3) is 5.29. The lowest BCUT2D eigenvalue weighted by Gasteiger charge is -2.16. The van der Waals surface area contributed by atoms with E-state index in [0.29, 0.717) is 35.6 Å². The summed E-state index contributed by atoms with van der Waals surface area (Å²) < 4.78 is 12.2. The topological polar surface area (TPSA) is 104 Å². The van der Waals surface area contributed by atoms with Gasteiger partial charge in [-0.05, 0) is 12.1 Å². The van der Waals surface area contributed by atoms with Gasteiger partial charge in [0.15, 0.2) is 17.3 Å². The van der Waals surface area contributed by atoms with Crippen LogP contribution in [0.1, 0.15) is 26.6 Å². The average molecular weight is 379 g/mol. The zero-order chi connectivity index (χ0) is 19.2. The largest absolute Gasteiger partial charge is 0.493 e. The highest BCUT2D eigenvalue weighted by molar-refractivity contribution is 7.99. The van der Waals surface area contributed by atoms with E-state index in [1.165, 1.54) is 16.4 Å². The van der Waals surface area contributed by atoms with Gasteiger partial charge in [0.25, 0.3) is 0 Å². The van der Waals surface area contributed by atoms with Gasteiger partial charge in [0.1, 0.15) is 6.61 Å². The van der Waals surface area contributed by atoms with Crippen molar-refractivity contribution < 1.29 is 14.3 Å². The third-order valence-corrected chi connectivity index (χ3v) is 4.36. The number of rotatable bonds is 8. The number of nitrogens with one attached hydrogen (secondary N) is 1. The lowest BCUT2D eigenvalue weighted by Crippen LogP contribution is -2.30. The molecule has 0 bridgehead atoms. The van der Waals surface area contributed by atoms with Crippen LogP contribution in [-0.2, 0) is 10.2 Å². The normalized spacial score (nSPS) is 11.2. The molecule has 0 aliphatic heterocycles. The minimum atomic E-state index is -0.210. The summed E-state index contributed by atoms with van der Waals surface area (Å²) in [4.78, 5) is 12.0. The first-order valence-electron chi connectivity index (χ1n) is 8.19. The molecule has 8 nitrogen and oxygen atoms in total. The lowest BCUT2D eigenvalue weighted by atomic mass is 9.96. The van der Waals surface area contributed by atoms with Gasteiger partial charge >= 0.3 is 0 Å². The molecule has 0 spiro atoms. The molecule has 26 heavy (non-hydrogen) atoms. The van der Waals surface area contributed by atoms with Gasteiger partial charge in [0.05, 0.1) is 19.4 Å². The van der Waals surface area contributed by atoms with Crippen LogP contribution in [0.4, 0.5) is 0 Å². The van der Waals surface area contributed by atoms with Crippen LogP contribution in [-0.4, -0.2) is 46.8 Å². The Morgan fingerprint density at radius 1 is 1.27 bits per heavy atom. The highest BCUT2D eigenvalue weighted by Crippen LogP contribution is 2.25. The smallest absolute Gasteiger partial charge is 0.230 e. The fourth-order valence-corrected chi connectivity index (χ4v) is 2.84. The Kier molecular flexibility index (Phi) is 6.73. The van der Waals surface area contributed by atoms with Crippen molar-refractivity contribution in [1.29, 1.82) is 0 Å². The number of nitrogens with zero attached hydrogens (tertiary/aromatic N) is 3. The fourth-order valence-electron chi connectivity index (χ4n) is 2.16. The van der Waals surface area contributed by atoms with Crippen LogP contribution in [0.3, 0.4) is 0 Å². The number of hydrogen-bond donors (Lipinski definition) is 2. The Morgan fingerprint density at radius 3 is 2.58 bits per heavy atom. The second-order valence-corrected chi connectivity index (χ2v) is 7.51. The molecule has 2 aromatic rings. The van der Waals surface area contributed by atoms with E-state index in [4.69, 9.17) is 15.3 Å². The number of nitrogen functional groups attached to an aromatic ring is 1. The van der Waals surface area contributed by atoms with E-state index in [1.54, 1.807) is 7.11 Å². The number of amides is 1. The Morgan fingerprint density at radius 2 is 1.96 bits per heavy atom. The highest BCUT2D eigenvalue weighted by Gasteiger charge is 2.23. The maximum Gasteiger partial charge on any atom is 0.230 e. The summed E-state index contributed by atoms with van der Waals surface area (Å²) in [7, 11) is 1.59. The zero-order valence-electron chi connectivity index (χ0n) is 15.5. The molecule has 142 valence electrons. The first-order chi connectivity index (χ1) is 12.3. The molecule has 1 heterocycles. The first kappa shape index (κ1) is 19.9. The number of ether oxygens (including phenoxy) is 2. The van der Waals surface area contributed by atoms with Gasteiger partial charge in [-0.2, -0.15) is 0 Å². The molecule has 0 atom stereocenters. The number of nitrogens with two attached hydrogens (primary N) is 1. The minimum absolute atomic E-state index is 0.126. The molecular weight excluding hydrogens is 354 g/mol. The quantitative estimate of drug-likeness (QED) is 0.408. The Hall–Kier alpha value is -2.42. The van der Waals surface area contributed by atoms with Gasteiger partial charge in [-0.15, -0.1) is 10.2 Å². The molecule has 1 amide bonds. The molecule has 0 saturated carbocycles. The number of thioether (sulfide) groups is 1. The number of carbonyl (C=O) groups is 1. The van der Waals surface area contributed by atoms with Crippen molar-refractivity contribution in [2.75, 3.05) is 31.9 Å². The molecule has 0 aliphatic rings. The Labute approximate surface area is 157 Å². The fraction of sp³-hybridized carbons (Fsp3) is 0.471. The standard InChI is InChI=1S/C17H25N5O3S/c1-17(2,3)15-20-21-16(22(15)18)26-11-14(23)19-9-10-25-13-8-6-5-7-12(13)24-4/h5-8H,9-11,18H2,1-4H3,(H,19,23). The van der Waals surface area contributed by atoms with Crippen molar-refractivity contribution in [2.45, 2.75) is 31.3 Å². The second kappa shape index (κ2) is 8.79. The summed E-state index contributed by atoms with van der Waals surface area (Å²) in [5.74, 6) is 8.05. The first-order valence-corrected chi connectivity index (χ1v) is 9.17. The number of hydrogen-bond acceptors (Lipinski definition) is 7. The predicted octanol–water partition coefficient (Wildman–Crippen LogP) is 1.59. The van der Waals surface area contributed by atoms with Gasteiger partial charge in [-0.25, -0.2) is 4.68 Å². The van der Waals surface area contributed by atoms with Crippen molar-refractivity contribution in [2.24, 2.45) is 0 Å². The minimum Gasteiger partial charge on any atom is -0.493 e. The van der Waals surface area contributed by atoms with E-state index in [1.807, 2.05) is 45.0 Å². The molecule has 0 fully saturated rings. The summed E-state index contributed by atoms with van der Waals surface area (Å²) in [5.41, 5.74) is -0.210. The maximum atomic E-state index is 12.0. The van der Waals surface area contributed by atoms with E-state index >= 15 is 0 Å². The number of para-hydroxylation sites is 2. The van der Waals surface area contributed by atoms with E-state index in [-0.39, 0.29) is 17.1 Å². The van der Waals surface area contributed by atoms with Crippen molar-refractivity contribution in [3.8, 4) is 11.5 Å². The van der Waals surface area contributed by atoms with Crippen molar-refractivity contribution in [3.63, 3.8) is 0 Å². The van der Waals surface area contributed by atoms with E-state index < -0.39 is 0 Å². The van der Waals surface area contributed by atoms with Crippen LogP contribution in [0.15, 0.2) is 29.4 Å². The molecule has 0 saturated heterocycles. The van der Waals surface area contributed by atoms with Crippen LogP contribution in [0.2, 0.25) is 0 Å². The summed E-state index contributed by atoms with van der Waals surface area (Å²) in [5, 5.41) is 11.4. The third-order valence-electron chi connectivity index (χ3n) is 3.42. The summed E-state index contributed by atoms with van der Waals surface area (Å²) in [6, 6.07) is 7.37. The van der Waals surface area contributed by atoms with Gasteiger partial charge in [0.2, 0.25) is 11.1 Å². The molecule has 9 heteroatoms. The molecule has 0 radical (unpaired) electrons. The molecule has 3 N–H and O–H groups in total. The number of methoxy groups -OCH3 is 1. The zero-order valence-corrected chi connectivity index (χ0v) is 16.3. The predicted molar refractivity (Wildman–Crippen MR) is 101 cm³/mol. The summed E-state index contributed by atoms with van der Waals surface area (Å²) in [6.45, 7) is 6.74. The Balaban J connectivity index is 1.74. The SMILES string of the molecule is COc1ccccc1OCCNC(=O)CSc1nnc(C(C)(C)C)n1N. The highest BCUT2D eigenvalue weighted by atomic mass is 32.2. The van der Waals surface area contributed by atoms with Crippen LogP contribution in [0, 0.1) is 0 Å². The van der Waals surface area contributed by atoms with E-state index in [9.17, 15) is 4.79 Å². The number of aromatic nitrogens is 3. The Bertz CT molecular complexity index is 742. The average Bonchev–Trinajstić information content (AvgIpc) is 2.98. The van der Waals surface area contributed by atoms with Crippen LogP contribution >= 0.6 is 11.8 Å². The number of benzene rings is 1. The summed E-state index contributed by atoms with van der Waals surface area (Å²) in [6.07, 6.45) is 0. The summed E-state index contributed by atoms with van der Waals surface area (Å²) >= 11 is 1.24. The monoisotopic (exact) mass is 379 g/mol. The van der Waals surface area contributed by atoms with Crippen LogP contribution < -0.4 is 20.6 Å². The van der Waals surface area contributed by atoms with E-state index in [2.05, 4.69) is 15.5 Å². The van der Waals surface area contributed by atoms with Gasteiger partial charge in [0, 0.05) is 5.41 Å². The lowest BCUT2D eigenvalue weighted by molar-refractivity contribution is -0.118. The number of carbonyl (C=O) groups excluding carboxylic acids is 1. The van der Waals surface area contributed by atoms with Crippen molar-refractivity contribution in [1.82, 2.24) is 20.2 Å². The molecule has 1 aromatic carbocycles.